The summed E-state index contributed by atoms with van der Waals surface area (Å²) in [5.41, 5.74) is 1.18. The minimum absolute atomic E-state index is 0.271. The molecule has 20 heavy (non-hydrogen) atoms. The number of benzene rings is 1. The molecular formula is C15H20BrN3O. The number of hydrogen-bond acceptors (Lipinski definition) is 3. The lowest BCUT2D eigenvalue weighted by atomic mass is 10.1. The molecule has 0 radical (unpaired) electrons. The van der Waals surface area contributed by atoms with Gasteiger partial charge in [-0.05, 0) is 31.7 Å². The Balaban J connectivity index is 2.03. The molecule has 0 aliphatic carbocycles. The lowest BCUT2D eigenvalue weighted by Crippen LogP contribution is -2.19. The zero-order valence-electron chi connectivity index (χ0n) is 11.8. The third kappa shape index (κ3) is 4.08. The highest BCUT2D eigenvalue weighted by atomic mass is 79.9. The van der Waals surface area contributed by atoms with Crippen LogP contribution in [0.2, 0.25) is 0 Å². The fraction of sp³-hybridized carbons (Fsp3) is 0.400. The quantitative estimate of drug-likeness (QED) is 0.841. The molecule has 1 N–H and O–H groups in total. The molecule has 2 rings (SSSR count). The van der Waals surface area contributed by atoms with Crippen molar-refractivity contribution in [2.45, 2.75) is 26.4 Å². The lowest BCUT2D eigenvalue weighted by Gasteiger charge is -2.18. The van der Waals surface area contributed by atoms with Gasteiger partial charge in [-0.15, -0.1) is 0 Å². The van der Waals surface area contributed by atoms with E-state index in [4.69, 9.17) is 4.74 Å². The Bertz CT molecular complexity index is 528. The lowest BCUT2D eigenvalue weighted by molar-refractivity contribution is 0.286. The van der Waals surface area contributed by atoms with Gasteiger partial charge < -0.3 is 10.1 Å². The van der Waals surface area contributed by atoms with Gasteiger partial charge in [-0.25, -0.2) is 0 Å². The predicted octanol–water partition coefficient (Wildman–Crippen LogP) is 3.40. The standard InChI is InChI=1S/C15H20BrN3O/c1-3-17-12(2)14-6-5-13(16)11-15(14)20-10-9-19-8-4-7-18-19/h4-8,11-12,17H,3,9-10H2,1-2H3. The first-order chi connectivity index (χ1) is 9.70. The fourth-order valence-corrected chi connectivity index (χ4v) is 2.43. The Hall–Kier alpha value is -1.33. The molecule has 1 unspecified atom stereocenters. The van der Waals surface area contributed by atoms with Crippen molar-refractivity contribution >= 4 is 15.9 Å². The van der Waals surface area contributed by atoms with E-state index in [-0.39, 0.29) is 6.04 Å². The Morgan fingerprint density at radius 3 is 3.00 bits per heavy atom. The molecule has 0 aliphatic rings. The summed E-state index contributed by atoms with van der Waals surface area (Å²) < 4.78 is 8.82. The summed E-state index contributed by atoms with van der Waals surface area (Å²) in [5, 5.41) is 7.58. The monoisotopic (exact) mass is 337 g/mol. The maximum atomic E-state index is 5.93. The Morgan fingerprint density at radius 2 is 2.30 bits per heavy atom. The van der Waals surface area contributed by atoms with Crippen LogP contribution < -0.4 is 10.1 Å². The number of halogens is 1. The normalized spacial score (nSPS) is 12.3. The molecule has 1 aromatic heterocycles. The minimum Gasteiger partial charge on any atom is -0.491 e. The highest BCUT2D eigenvalue weighted by Crippen LogP contribution is 2.28. The van der Waals surface area contributed by atoms with E-state index in [1.807, 2.05) is 29.1 Å². The molecule has 5 heteroatoms. The molecule has 0 saturated heterocycles. The van der Waals surface area contributed by atoms with Crippen molar-refractivity contribution < 1.29 is 4.74 Å². The molecular weight excluding hydrogens is 318 g/mol. The molecule has 108 valence electrons. The van der Waals surface area contributed by atoms with E-state index in [0.29, 0.717) is 6.61 Å². The van der Waals surface area contributed by atoms with Gasteiger partial charge in [0.2, 0.25) is 0 Å². The first-order valence-corrected chi connectivity index (χ1v) is 7.63. The zero-order valence-corrected chi connectivity index (χ0v) is 13.4. The van der Waals surface area contributed by atoms with Crippen LogP contribution in [0.25, 0.3) is 0 Å². The van der Waals surface area contributed by atoms with Crippen molar-refractivity contribution in [2.24, 2.45) is 0 Å². The van der Waals surface area contributed by atoms with E-state index in [1.165, 1.54) is 5.56 Å². The SMILES string of the molecule is CCNC(C)c1ccc(Br)cc1OCCn1cccn1. The van der Waals surface area contributed by atoms with E-state index < -0.39 is 0 Å². The molecule has 2 aromatic rings. The van der Waals surface area contributed by atoms with Crippen LogP contribution >= 0.6 is 15.9 Å². The Kier molecular flexibility index (Phi) is 5.61. The molecule has 0 amide bonds. The number of nitrogens with one attached hydrogen (secondary N) is 1. The summed E-state index contributed by atoms with van der Waals surface area (Å²) in [6.45, 7) is 6.53. The summed E-state index contributed by atoms with van der Waals surface area (Å²) in [5.74, 6) is 0.917. The molecule has 1 atom stereocenters. The van der Waals surface area contributed by atoms with E-state index in [1.54, 1.807) is 6.20 Å². The third-order valence-corrected chi connectivity index (χ3v) is 3.58. The second-order valence-corrected chi connectivity index (χ2v) is 5.49. The van der Waals surface area contributed by atoms with Gasteiger partial charge in [0.15, 0.2) is 0 Å². The predicted molar refractivity (Wildman–Crippen MR) is 84.0 cm³/mol. The topological polar surface area (TPSA) is 39.1 Å². The van der Waals surface area contributed by atoms with Gasteiger partial charge in [-0.2, -0.15) is 5.10 Å². The molecule has 0 aliphatic heterocycles. The van der Waals surface area contributed by atoms with E-state index >= 15 is 0 Å². The second kappa shape index (κ2) is 7.45. The summed E-state index contributed by atoms with van der Waals surface area (Å²) >= 11 is 3.50. The van der Waals surface area contributed by atoms with Crippen molar-refractivity contribution in [3.05, 3.63) is 46.7 Å². The molecule has 1 heterocycles. The third-order valence-electron chi connectivity index (χ3n) is 3.09. The fourth-order valence-electron chi connectivity index (χ4n) is 2.09. The smallest absolute Gasteiger partial charge is 0.125 e. The van der Waals surface area contributed by atoms with Gasteiger partial charge in [0, 0.05) is 28.5 Å². The molecule has 0 fully saturated rings. The number of aromatic nitrogens is 2. The number of ether oxygens (including phenoxy) is 1. The molecule has 1 aromatic carbocycles. The first-order valence-electron chi connectivity index (χ1n) is 6.83. The van der Waals surface area contributed by atoms with Crippen LogP contribution in [0.4, 0.5) is 0 Å². The van der Waals surface area contributed by atoms with Crippen molar-refractivity contribution in [1.29, 1.82) is 0 Å². The van der Waals surface area contributed by atoms with Crippen LogP contribution in [0.3, 0.4) is 0 Å². The molecule has 0 saturated carbocycles. The maximum absolute atomic E-state index is 5.93. The van der Waals surface area contributed by atoms with Crippen molar-refractivity contribution in [3.63, 3.8) is 0 Å². The van der Waals surface area contributed by atoms with Crippen molar-refractivity contribution in [2.75, 3.05) is 13.2 Å². The second-order valence-electron chi connectivity index (χ2n) is 4.58. The van der Waals surface area contributed by atoms with Gasteiger partial charge in [0.1, 0.15) is 12.4 Å². The highest BCUT2D eigenvalue weighted by Gasteiger charge is 2.11. The largest absolute Gasteiger partial charge is 0.491 e. The van der Waals surface area contributed by atoms with Crippen LogP contribution in [-0.2, 0) is 6.54 Å². The van der Waals surface area contributed by atoms with Crippen molar-refractivity contribution in [1.82, 2.24) is 15.1 Å². The molecule has 0 spiro atoms. The first kappa shape index (κ1) is 15.1. The summed E-state index contributed by atoms with van der Waals surface area (Å²) in [4.78, 5) is 0. The van der Waals surface area contributed by atoms with Gasteiger partial charge >= 0.3 is 0 Å². The minimum atomic E-state index is 0.271. The molecule has 0 bridgehead atoms. The van der Waals surface area contributed by atoms with Crippen LogP contribution in [0.5, 0.6) is 5.75 Å². The van der Waals surface area contributed by atoms with E-state index in [9.17, 15) is 0 Å². The van der Waals surface area contributed by atoms with Crippen LogP contribution in [0, 0.1) is 0 Å². The average Bonchev–Trinajstić information content (AvgIpc) is 2.92. The number of hydrogen-bond donors (Lipinski definition) is 1. The van der Waals surface area contributed by atoms with Gasteiger partial charge in [-0.3, -0.25) is 4.68 Å². The van der Waals surface area contributed by atoms with E-state index in [0.717, 1.165) is 23.3 Å². The Labute approximate surface area is 128 Å². The van der Waals surface area contributed by atoms with Gasteiger partial charge in [0.25, 0.3) is 0 Å². The van der Waals surface area contributed by atoms with Crippen molar-refractivity contribution in [3.8, 4) is 5.75 Å². The van der Waals surface area contributed by atoms with Crippen LogP contribution in [-0.4, -0.2) is 22.9 Å². The Morgan fingerprint density at radius 1 is 1.45 bits per heavy atom. The zero-order chi connectivity index (χ0) is 14.4. The van der Waals surface area contributed by atoms with Crippen LogP contribution in [0.1, 0.15) is 25.5 Å². The van der Waals surface area contributed by atoms with E-state index in [2.05, 4.69) is 46.3 Å². The maximum Gasteiger partial charge on any atom is 0.125 e. The van der Waals surface area contributed by atoms with Crippen LogP contribution in [0.15, 0.2) is 41.1 Å². The summed E-state index contributed by atoms with van der Waals surface area (Å²) in [6.07, 6.45) is 3.71. The average molecular weight is 338 g/mol. The summed E-state index contributed by atoms with van der Waals surface area (Å²) in [6, 6.07) is 8.35. The van der Waals surface area contributed by atoms with Gasteiger partial charge in [-0.1, -0.05) is 28.9 Å². The molecule has 4 nitrogen and oxygen atoms in total. The van der Waals surface area contributed by atoms with Gasteiger partial charge in [0.05, 0.1) is 6.54 Å². The number of rotatable bonds is 7. The summed E-state index contributed by atoms with van der Waals surface area (Å²) in [7, 11) is 0. The number of nitrogens with zero attached hydrogens (tertiary/aromatic N) is 2. The highest BCUT2D eigenvalue weighted by molar-refractivity contribution is 9.10.